The van der Waals surface area contributed by atoms with Crippen molar-refractivity contribution >= 4 is 23.6 Å². The Morgan fingerprint density at radius 3 is 2.60 bits per heavy atom. The van der Waals surface area contributed by atoms with Crippen molar-refractivity contribution in [2.75, 3.05) is 12.8 Å². The van der Waals surface area contributed by atoms with Gasteiger partial charge in [0, 0.05) is 24.3 Å². The van der Waals surface area contributed by atoms with Crippen LogP contribution in [0.3, 0.4) is 0 Å². The molecule has 1 saturated heterocycles. The Balaban J connectivity index is 1.78. The summed E-state index contributed by atoms with van der Waals surface area (Å²) in [4.78, 5) is 26.7. The molecule has 0 aromatic heterocycles. The quantitative estimate of drug-likeness (QED) is 0.864. The first kappa shape index (κ1) is 14.2. The third-order valence-corrected chi connectivity index (χ3v) is 6.06. The lowest BCUT2D eigenvalue weighted by Gasteiger charge is -2.39. The van der Waals surface area contributed by atoms with Gasteiger partial charge in [0.2, 0.25) is 11.8 Å². The maximum absolute atomic E-state index is 12.8. The number of amides is 2. The van der Waals surface area contributed by atoms with Crippen LogP contribution in [0.1, 0.15) is 44.9 Å². The third kappa shape index (κ3) is 2.83. The third-order valence-electron chi connectivity index (χ3n) is 4.91. The summed E-state index contributed by atoms with van der Waals surface area (Å²) in [5.41, 5.74) is 0. The second kappa shape index (κ2) is 5.96. The Morgan fingerprint density at radius 1 is 1.15 bits per heavy atom. The number of thioether (sulfide) groups is 1. The van der Waals surface area contributed by atoms with E-state index >= 15 is 0 Å². The summed E-state index contributed by atoms with van der Waals surface area (Å²) in [7, 11) is 0. The van der Waals surface area contributed by atoms with Gasteiger partial charge in [0.25, 0.3) is 0 Å². The number of carbonyl (C=O) groups excluding carboxylic acids is 2. The fourth-order valence-electron chi connectivity index (χ4n) is 3.61. The van der Waals surface area contributed by atoms with Crippen LogP contribution >= 0.6 is 11.8 Å². The van der Waals surface area contributed by atoms with E-state index < -0.39 is 0 Å². The zero-order valence-electron chi connectivity index (χ0n) is 12.1. The van der Waals surface area contributed by atoms with E-state index in [0.29, 0.717) is 30.2 Å². The first-order valence-electron chi connectivity index (χ1n) is 7.83. The molecule has 0 aromatic rings. The Bertz CT molecular complexity index is 397. The standard InChI is InChI=1S/C15H24N2O2S/c1-20-12-5-3-2-4-11(12)17-9-8-13(18)16-14(15(17)19)10-6-7-10/h10-12,14H,2-9H2,1H3,(H,16,18). The number of nitrogens with zero attached hydrogens (tertiary/aromatic N) is 1. The molecule has 112 valence electrons. The summed E-state index contributed by atoms with van der Waals surface area (Å²) in [6, 6.07) is 0.0923. The van der Waals surface area contributed by atoms with Gasteiger partial charge in [-0.15, -0.1) is 0 Å². The smallest absolute Gasteiger partial charge is 0.245 e. The number of rotatable bonds is 3. The molecule has 3 unspecified atom stereocenters. The molecule has 0 aromatic carbocycles. The van der Waals surface area contributed by atoms with E-state index in [1.165, 1.54) is 19.3 Å². The highest BCUT2D eigenvalue weighted by Crippen LogP contribution is 2.37. The molecule has 3 aliphatic rings. The minimum absolute atomic E-state index is 0.0502. The molecule has 5 heteroatoms. The van der Waals surface area contributed by atoms with Crippen molar-refractivity contribution < 1.29 is 9.59 Å². The zero-order chi connectivity index (χ0) is 14.1. The molecular weight excluding hydrogens is 272 g/mol. The Kier molecular flexibility index (Phi) is 4.24. The Morgan fingerprint density at radius 2 is 1.90 bits per heavy atom. The number of hydrogen-bond donors (Lipinski definition) is 1. The van der Waals surface area contributed by atoms with E-state index in [2.05, 4.69) is 11.6 Å². The molecular formula is C15H24N2O2S. The van der Waals surface area contributed by atoms with Crippen molar-refractivity contribution in [1.82, 2.24) is 10.2 Å². The van der Waals surface area contributed by atoms with Crippen LogP contribution in [0.4, 0.5) is 0 Å². The minimum atomic E-state index is -0.241. The van der Waals surface area contributed by atoms with E-state index in [9.17, 15) is 9.59 Å². The molecule has 0 spiro atoms. The summed E-state index contributed by atoms with van der Waals surface area (Å²) >= 11 is 1.88. The number of carbonyl (C=O) groups is 2. The highest BCUT2D eigenvalue weighted by Gasteiger charge is 2.44. The average molecular weight is 296 g/mol. The SMILES string of the molecule is CSC1CCCCC1N1CCC(=O)NC(C2CC2)C1=O. The fraction of sp³-hybridized carbons (Fsp3) is 0.867. The summed E-state index contributed by atoms with van der Waals surface area (Å²) in [6.07, 6.45) is 9.56. The van der Waals surface area contributed by atoms with Crippen LogP contribution in [0.2, 0.25) is 0 Å². The highest BCUT2D eigenvalue weighted by molar-refractivity contribution is 7.99. The van der Waals surface area contributed by atoms with Crippen LogP contribution in [0.5, 0.6) is 0 Å². The van der Waals surface area contributed by atoms with E-state index in [1.807, 2.05) is 16.7 Å². The molecule has 20 heavy (non-hydrogen) atoms. The van der Waals surface area contributed by atoms with Crippen molar-refractivity contribution in [2.45, 2.75) is 62.3 Å². The van der Waals surface area contributed by atoms with Crippen LogP contribution in [-0.4, -0.2) is 46.8 Å². The topological polar surface area (TPSA) is 49.4 Å². The first-order chi connectivity index (χ1) is 9.70. The monoisotopic (exact) mass is 296 g/mol. The maximum atomic E-state index is 12.8. The fourth-order valence-corrected chi connectivity index (χ4v) is 4.60. The van der Waals surface area contributed by atoms with Gasteiger partial charge in [-0.05, 0) is 37.9 Å². The van der Waals surface area contributed by atoms with Crippen molar-refractivity contribution in [1.29, 1.82) is 0 Å². The van der Waals surface area contributed by atoms with Crippen LogP contribution in [0.15, 0.2) is 0 Å². The molecule has 2 saturated carbocycles. The van der Waals surface area contributed by atoms with Gasteiger partial charge in [-0.25, -0.2) is 0 Å². The van der Waals surface area contributed by atoms with Gasteiger partial charge in [-0.1, -0.05) is 12.8 Å². The lowest BCUT2D eigenvalue weighted by atomic mass is 9.92. The zero-order valence-corrected chi connectivity index (χ0v) is 13.0. The molecule has 1 heterocycles. The van der Waals surface area contributed by atoms with E-state index in [1.54, 1.807) is 0 Å². The number of hydrogen-bond acceptors (Lipinski definition) is 3. The van der Waals surface area contributed by atoms with Gasteiger partial charge in [0.05, 0.1) is 0 Å². The second-order valence-corrected chi connectivity index (χ2v) is 7.37. The first-order valence-corrected chi connectivity index (χ1v) is 9.12. The predicted octanol–water partition coefficient (Wildman–Crippen LogP) is 1.79. The minimum Gasteiger partial charge on any atom is -0.344 e. The number of nitrogens with one attached hydrogen (secondary N) is 1. The molecule has 3 atom stereocenters. The molecule has 2 amide bonds. The normalized spacial score (nSPS) is 35.6. The van der Waals surface area contributed by atoms with Crippen molar-refractivity contribution in [2.24, 2.45) is 5.92 Å². The van der Waals surface area contributed by atoms with E-state index in [-0.39, 0.29) is 17.9 Å². The van der Waals surface area contributed by atoms with Crippen molar-refractivity contribution in [3.63, 3.8) is 0 Å². The van der Waals surface area contributed by atoms with Crippen LogP contribution in [0.25, 0.3) is 0 Å². The van der Waals surface area contributed by atoms with E-state index in [0.717, 1.165) is 19.3 Å². The van der Waals surface area contributed by atoms with Gasteiger partial charge < -0.3 is 10.2 Å². The summed E-state index contributed by atoms with van der Waals surface area (Å²) in [5, 5.41) is 3.50. The van der Waals surface area contributed by atoms with Crippen molar-refractivity contribution in [3.8, 4) is 0 Å². The Hall–Kier alpha value is -0.710. The lowest BCUT2D eigenvalue weighted by Crippen LogP contribution is -2.53. The molecule has 4 nitrogen and oxygen atoms in total. The molecule has 3 rings (SSSR count). The van der Waals surface area contributed by atoms with E-state index in [4.69, 9.17) is 0 Å². The lowest BCUT2D eigenvalue weighted by molar-refractivity contribution is -0.136. The molecule has 2 aliphatic carbocycles. The van der Waals surface area contributed by atoms with Gasteiger partial charge in [0.15, 0.2) is 0 Å². The summed E-state index contributed by atoms with van der Waals surface area (Å²) in [6.45, 7) is 0.607. The van der Waals surface area contributed by atoms with Gasteiger partial charge in [0.1, 0.15) is 6.04 Å². The summed E-state index contributed by atoms with van der Waals surface area (Å²) in [5.74, 6) is 0.627. The van der Waals surface area contributed by atoms with Crippen LogP contribution in [0, 0.1) is 5.92 Å². The van der Waals surface area contributed by atoms with Gasteiger partial charge in [-0.2, -0.15) is 11.8 Å². The summed E-state index contributed by atoms with van der Waals surface area (Å²) < 4.78 is 0. The average Bonchev–Trinajstić information content (AvgIpc) is 3.29. The second-order valence-electron chi connectivity index (χ2n) is 6.29. The van der Waals surface area contributed by atoms with Gasteiger partial charge >= 0.3 is 0 Å². The largest absolute Gasteiger partial charge is 0.344 e. The molecule has 3 fully saturated rings. The molecule has 1 aliphatic heterocycles. The maximum Gasteiger partial charge on any atom is 0.245 e. The Labute approximate surface area is 125 Å². The molecule has 0 bridgehead atoms. The van der Waals surface area contributed by atoms with Crippen LogP contribution in [-0.2, 0) is 9.59 Å². The van der Waals surface area contributed by atoms with Crippen molar-refractivity contribution in [3.05, 3.63) is 0 Å². The molecule has 0 radical (unpaired) electrons. The predicted molar refractivity (Wildman–Crippen MR) is 80.5 cm³/mol. The van der Waals surface area contributed by atoms with Gasteiger partial charge in [-0.3, -0.25) is 9.59 Å². The highest BCUT2D eigenvalue weighted by atomic mass is 32.2. The van der Waals surface area contributed by atoms with Crippen LogP contribution < -0.4 is 5.32 Å². The molecule has 1 N–H and O–H groups in total.